The van der Waals surface area contributed by atoms with E-state index in [0.717, 1.165) is 10.9 Å². The van der Waals surface area contributed by atoms with Crippen LogP contribution in [0, 0.1) is 0 Å². The van der Waals surface area contributed by atoms with Gasteiger partial charge in [0.2, 0.25) is 11.8 Å². The molecule has 3 aromatic rings. The average molecular weight is 271 g/mol. The third kappa shape index (κ3) is 2.30. The van der Waals surface area contributed by atoms with Crippen LogP contribution in [-0.4, -0.2) is 32.3 Å². The predicted molar refractivity (Wildman–Crippen MR) is 74.2 cm³/mol. The maximum Gasteiger partial charge on any atom is 0.224 e. The van der Waals surface area contributed by atoms with Gasteiger partial charge < -0.3 is 15.8 Å². The van der Waals surface area contributed by atoms with Crippen LogP contribution in [0.1, 0.15) is 5.56 Å². The Balaban J connectivity index is 1.80. The summed E-state index contributed by atoms with van der Waals surface area (Å²) in [4.78, 5) is 12.4. The largest absolute Gasteiger partial charge is 0.481 e. The van der Waals surface area contributed by atoms with Gasteiger partial charge in [-0.1, -0.05) is 6.07 Å². The molecule has 0 atom stereocenters. The molecular formula is C12H13N7O. The highest BCUT2D eigenvalue weighted by molar-refractivity contribution is 5.86. The fourth-order valence-electron chi connectivity index (χ4n) is 1.81. The van der Waals surface area contributed by atoms with Crippen LogP contribution in [0.3, 0.4) is 0 Å². The van der Waals surface area contributed by atoms with Gasteiger partial charge in [0, 0.05) is 18.8 Å². The van der Waals surface area contributed by atoms with Gasteiger partial charge in [0.05, 0.1) is 18.7 Å². The Kier molecular flexibility index (Phi) is 3.04. The number of nitrogen functional groups attached to an aromatic ring is 1. The van der Waals surface area contributed by atoms with Crippen molar-refractivity contribution in [3.05, 3.63) is 30.1 Å². The van der Waals surface area contributed by atoms with E-state index in [2.05, 4.69) is 30.5 Å². The number of rotatable bonds is 4. The molecule has 0 bridgehead atoms. The number of fused-ring (bicyclic) bond motifs is 1. The minimum atomic E-state index is 0.192. The number of pyridine rings is 1. The topological polar surface area (TPSA) is 115 Å². The molecule has 0 aliphatic carbocycles. The molecule has 4 N–H and O–H groups in total. The molecule has 3 aromatic heterocycles. The van der Waals surface area contributed by atoms with Crippen molar-refractivity contribution in [2.45, 2.75) is 6.54 Å². The fourth-order valence-corrected chi connectivity index (χ4v) is 1.81. The summed E-state index contributed by atoms with van der Waals surface area (Å²) in [5.41, 5.74) is 7.26. The quantitative estimate of drug-likeness (QED) is 0.647. The second kappa shape index (κ2) is 5.00. The molecule has 0 amide bonds. The molecule has 0 saturated heterocycles. The van der Waals surface area contributed by atoms with Gasteiger partial charge in [-0.3, -0.25) is 5.10 Å². The highest BCUT2D eigenvalue weighted by Gasteiger charge is 2.07. The van der Waals surface area contributed by atoms with E-state index in [4.69, 9.17) is 10.5 Å². The third-order valence-corrected chi connectivity index (χ3v) is 2.79. The first-order valence-electron chi connectivity index (χ1n) is 5.95. The van der Waals surface area contributed by atoms with Gasteiger partial charge in [0.1, 0.15) is 5.82 Å². The molecular weight excluding hydrogens is 258 g/mol. The van der Waals surface area contributed by atoms with Crippen molar-refractivity contribution in [3.8, 4) is 5.88 Å². The van der Waals surface area contributed by atoms with Gasteiger partial charge >= 0.3 is 0 Å². The summed E-state index contributed by atoms with van der Waals surface area (Å²) in [6.07, 6.45) is 3.40. The van der Waals surface area contributed by atoms with Crippen molar-refractivity contribution < 1.29 is 4.74 Å². The first-order valence-corrected chi connectivity index (χ1v) is 5.95. The smallest absolute Gasteiger partial charge is 0.224 e. The van der Waals surface area contributed by atoms with Gasteiger partial charge in [0.25, 0.3) is 0 Å². The summed E-state index contributed by atoms with van der Waals surface area (Å²) < 4.78 is 5.01. The van der Waals surface area contributed by atoms with Crippen LogP contribution in [0.4, 0.5) is 11.8 Å². The summed E-state index contributed by atoms with van der Waals surface area (Å²) >= 11 is 0. The molecule has 102 valence electrons. The highest BCUT2D eigenvalue weighted by atomic mass is 16.5. The Morgan fingerprint density at radius 1 is 1.30 bits per heavy atom. The summed E-state index contributed by atoms with van der Waals surface area (Å²) in [7, 11) is 1.58. The third-order valence-electron chi connectivity index (χ3n) is 2.79. The zero-order valence-electron chi connectivity index (χ0n) is 10.8. The minimum absolute atomic E-state index is 0.192. The zero-order chi connectivity index (χ0) is 13.9. The maximum absolute atomic E-state index is 5.65. The monoisotopic (exact) mass is 271 g/mol. The Bertz CT molecular complexity index is 722. The first kappa shape index (κ1) is 12.2. The Labute approximate surface area is 114 Å². The van der Waals surface area contributed by atoms with Crippen molar-refractivity contribution >= 4 is 22.8 Å². The predicted octanol–water partition coefficient (Wildman–Crippen LogP) is 0.951. The van der Waals surface area contributed by atoms with E-state index in [-0.39, 0.29) is 5.95 Å². The van der Waals surface area contributed by atoms with Crippen molar-refractivity contribution in [2.75, 3.05) is 18.2 Å². The van der Waals surface area contributed by atoms with E-state index in [9.17, 15) is 0 Å². The molecule has 20 heavy (non-hydrogen) atoms. The first-order chi connectivity index (χ1) is 9.76. The summed E-state index contributed by atoms with van der Waals surface area (Å²) in [5.74, 6) is 1.41. The molecule has 8 nitrogen and oxygen atoms in total. The maximum atomic E-state index is 5.65. The van der Waals surface area contributed by atoms with Crippen LogP contribution in [0.2, 0.25) is 0 Å². The van der Waals surface area contributed by atoms with Crippen LogP contribution < -0.4 is 15.8 Å². The standard InChI is InChI=1S/C12H13N7O/c1-20-9-3-2-7(4-14-9)5-15-10-8-6-16-19-11(8)18-12(13)17-10/h2-4,6H,5H2,1H3,(H4,13,15,16,17,18,19). The molecule has 0 unspecified atom stereocenters. The molecule has 0 fully saturated rings. The Morgan fingerprint density at radius 3 is 2.95 bits per heavy atom. The Hall–Kier alpha value is -2.90. The lowest BCUT2D eigenvalue weighted by Crippen LogP contribution is -2.05. The van der Waals surface area contributed by atoms with Crippen molar-refractivity contribution in [1.29, 1.82) is 0 Å². The second-order valence-corrected chi connectivity index (χ2v) is 4.13. The van der Waals surface area contributed by atoms with E-state index >= 15 is 0 Å². The van der Waals surface area contributed by atoms with Crippen LogP contribution >= 0.6 is 0 Å². The van der Waals surface area contributed by atoms with E-state index < -0.39 is 0 Å². The van der Waals surface area contributed by atoms with Gasteiger partial charge in [0.15, 0.2) is 5.65 Å². The van der Waals surface area contributed by atoms with Crippen molar-refractivity contribution in [3.63, 3.8) is 0 Å². The number of nitrogens with two attached hydrogens (primary N) is 1. The van der Waals surface area contributed by atoms with E-state index in [1.54, 1.807) is 25.6 Å². The minimum Gasteiger partial charge on any atom is -0.481 e. The van der Waals surface area contributed by atoms with Crippen LogP contribution in [-0.2, 0) is 6.54 Å². The SMILES string of the molecule is COc1ccc(CNc2nc(N)nc3[nH]ncc23)cn1. The number of hydrogen-bond donors (Lipinski definition) is 3. The van der Waals surface area contributed by atoms with Crippen LogP contribution in [0.15, 0.2) is 24.5 Å². The molecule has 0 aromatic carbocycles. The number of ether oxygens (including phenoxy) is 1. The molecule has 0 aliphatic rings. The summed E-state index contributed by atoms with van der Waals surface area (Å²) in [6, 6.07) is 3.73. The molecule has 0 spiro atoms. The normalized spacial score (nSPS) is 10.7. The van der Waals surface area contributed by atoms with Gasteiger partial charge in [-0.25, -0.2) is 4.98 Å². The number of aromatic amines is 1. The Morgan fingerprint density at radius 2 is 2.20 bits per heavy atom. The molecule has 3 rings (SSSR count). The summed E-state index contributed by atoms with van der Waals surface area (Å²) in [6.45, 7) is 0.563. The average Bonchev–Trinajstić information content (AvgIpc) is 2.93. The van der Waals surface area contributed by atoms with Gasteiger partial charge in [-0.2, -0.15) is 15.1 Å². The van der Waals surface area contributed by atoms with E-state index in [1.807, 2.05) is 6.07 Å². The zero-order valence-corrected chi connectivity index (χ0v) is 10.8. The number of H-pyrrole nitrogens is 1. The highest BCUT2D eigenvalue weighted by Crippen LogP contribution is 2.19. The number of nitrogens with one attached hydrogen (secondary N) is 2. The second-order valence-electron chi connectivity index (χ2n) is 4.13. The number of hydrogen-bond acceptors (Lipinski definition) is 7. The number of methoxy groups -OCH3 is 1. The number of aromatic nitrogens is 5. The van der Waals surface area contributed by atoms with Gasteiger partial charge in [-0.15, -0.1) is 0 Å². The summed E-state index contributed by atoms with van der Waals surface area (Å²) in [5, 5.41) is 10.7. The van der Waals surface area contributed by atoms with Crippen LogP contribution in [0.5, 0.6) is 5.88 Å². The lowest BCUT2D eigenvalue weighted by atomic mass is 10.3. The number of nitrogens with zero attached hydrogens (tertiary/aromatic N) is 4. The van der Waals surface area contributed by atoms with Gasteiger partial charge in [-0.05, 0) is 5.56 Å². The lowest BCUT2D eigenvalue weighted by molar-refractivity contribution is 0.397. The van der Waals surface area contributed by atoms with E-state index in [0.29, 0.717) is 23.9 Å². The van der Waals surface area contributed by atoms with Crippen LogP contribution in [0.25, 0.3) is 11.0 Å². The number of anilines is 2. The molecule has 0 aliphatic heterocycles. The molecule has 0 radical (unpaired) electrons. The lowest BCUT2D eigenvalue weighted by Gasteiger charge is -2.07. The van der Waals surface area contributed by atoms with Crippen molar-refractivity contribution in [1.82, 2.24) is 25.1 Å². The molecule has 0 saturated carbocycles. The van der Waals surface area contributed by atoms with E-state index in [1.165, 1.54) is 0 Å². The fraction of sp³-hybridized carbons (Fsp3) is 0.167. The molecule has 3 heterocycles. The molecule has 8 heteroatoms. The van der Waals surface area contributed by atoms with Crippen molar-refractivity contribution in [2.24, 2.45) is 0 Å².